The third kappa shape index (κ3) is 2.69. The molecule has 3 aromatic rings. The first-order chi connectivity index (χ1) is 9.74. The van der Waals surface area contributed by atoms with E-state index in [4.69, 9.17) is 5.73 Å². The highest BCUT2D eigenvalue weighted by molar-refractivity contribution is 5.83. The Kier molecular flexibility index (Phi) is 4.14. The van der Waals surface area contributed by atoms with Crippen LogP contribution in [0.5, 0.6) is 0 Å². The molecule has 6 heteroatoms. The van der Waals surface area contributed by atoms with Crippen molar-refractivity contribution in [1.29, 1.82) is 0 Å². The maximum absolute atomic E-state index is 11.9. The molecule has 6 nitrogen and oxygen atoms in total. The van der Waals surface area contributed by atoms with E-state index in [9.17, 15) is 4.79 Å². The number of anilines is 1. The Morgan fingerprint density at radius 1 is 1.25 bits per heavy atom. The molecule has 0 aliphatic rings. The predicted molar refractivity (Wildman–Crippen MR) is 79.5 cm³/mol. The van der Waals surface area contributed by atoms with E-state index < -0.39 is 0 Å². The van der Waals surface area contributed by atoms with Gasteiger partial charge in [0, 0.05) is 6.07 Å². The summed E-state index contributed by atoms with van der Waals surface area (Å²) >= 11 is 0. The topological polar surface area (TPSA) is 89.6 Å². The Hall–Kier alpha value is -2.63. The summed E-state index contributed by atoms with van der Waals surface area (Å²) in [6.45, 7) is 4.42. The van der Waals surface area contributed by atoms with Crippen molar-refractivity contribution in [3.8, 4) is 0 Å². The van der Waals surface area contributed by atoms with Gasteiger partial charge in [-0.2, -0.15) is 10.2 Å². The zero-order chi connectivity index (χ0) is 14.5. The van der Waals surface area contributed by atoms with Crippen LogP contribution in [-0.4, -0.2) is 20.0 Å². The summed E-state index contributed by atoms with van der Waals surface area (Å²) in [6.07, 6.45) is 0. The Bertz CT molecular complexity index is 745. The summed E-state index contributed by atoms with van der Waals surface area (Å²) in [6, 6.07) is 11.1. The number of aromatic nitrogens is 4. The van der Waals surface area contributed by atoms with Crippen molar-refractivity contribution < 1.29 is 0 Å². The van der Waals surface area contributed by atoms with Gasteiger partial charge in [0.25, 0.3) is 5.56 Å². The second-order valence-corrected chi connectivity index (χ2v) is 4.00. The number of nitrogens with zero attached hydrogens (tertiary/aromatic N) is 3. The largest absolute Gasteiger partial charge is 0.380 e. The lowest BCUT2D eigenvalue weighted by Crippen LogP contribution is -2.22. The van der Waals surface area contributed by atoms with E-state index in [1.54, 1.807) is 0 Å². The first-order valence-electron chi connectivity index (χ1n) is 6.50. The predicted octanol–water partition coefficient (Wildman–Crippen LogP) is 1.78. The van der Waals surface area contributed by atoms with Gasteiger partial charge in [-0.3, -0.25) is 9.89 Å². The van der Waals surface area contributed by atoms with Crippen LogP contribution in [-0.2, 0) is 6.54 Å². The van der Waals surface area contributed by atoms with E-state index in [-0.39, 0.29) is 5.56 Å². The Morgan fingerprint density at radius 2 is 1.95 bits per heavy atom. The monoisotopic (exact) mass is 271 g/mol. The highest BCUT2D eigenvalue weighted by atomic mass is 16.1. The number of fused-ring (bicyclic) bond motifs is 1. The molecular weight excluding hydrogens is 254 g/mol. The van der Waals surface area contributed by atoms with Gasteiger partial charge in [0.05, 0.1) is 12.1 Å². The maximum atomic E-state index is 11.9. The Balaban J connectivity index is 0.000000704. The van der Waals surface area contributed by atoms with E-state index in [1.807, 2.05) is 44.2 Å². The molecule has 2 aromatic heterocycles. The highest BCUT2D eigenvalue weighted by Gasteiger charge is 2.07. The highest BCUT2D eigenvalue weighted by Crippen LogP contribution is 2.11. The number of H-pyrrole nitrogens is 1. The molecule has 0 aliphatic carbocycles. The average Bonchev–Trinajstić information content (AvgIpc) is 2.84. The molecule has 0 aliphatic heterocycles. The van der Waals surface area contributed by atoms with Gasteiger partial charge < -0.3 is 5.73 Å². The molecule has 0 saturated carbocycles. The van der Waals surface area contributed by atoms with Gasteiger partial charge in [-0.05, 0) is 5.56 Å². The normalized spacial score (nSPS) is 10.1. The summed E-state index contributed by atoms with van der Waals surface area (Å²) in [7, 11) is 0. The van der Waals surface area contributed by atoms with Crippen LogP contribution in [0.3, 0.4) is 0 Å². The number of nitrogens with two attached hydrogens (primary N) is 1. The van der Waals surface area contributed by atoms with Gasteiger partial charge in [-0.1, -0.05) is 44.2 Å². The fraction of sp³-hybridized carbons (Fsp3) is 0.214. The molecule has 3 N–H and O–H groups in total. The zero-order valence-electron chi connectivity index (χ0n) is 11.5. The van der Waals surface area contributed by atoms with Gasteiger partial charge in [-0.25, -0.2) is 4.68 Å². The number of benzene rings is 1. The van der Waals surface area contributed by atoms with Crippen molar-refractivity contribution in [1.82, 2.24) is 20.0 Å². The van der Waals surface area contributed by atoms with Crippen LogP contribution in [0.2, 0.25) is 0 Å². The second kappa shape index (κ2) is 6.01. The van der Waals surface area contributed by atoms with Crippen molar-refractivity contribution in [2.45, 2.75) is 20.4 Å². The van der Waals surface area contributed by atoms with Gasteiger partial charge in [0.1, 0.15) is 0 Å². The number of aromatic amines is 1. The van der Waals surface area contributed by atoms with Crippen molar-refractivity contribution in [2.75, 3.05) is 5.73 Å². The standard InChI is InChI=1S/C12H11N5O.C2H6/c13-12-11-9(14-15-12)6-10(18)17(16-11)7-8-4-2-1-3-5-8;1-2/h1-6,14H,7H2,(H2,13,15);1-2H3. The molecule has 0 bridgehead atoms. The molecular formula is C14H17N5O. The smallest absolute Gasteiger partial charge is 0.269 e. The summed E-state index contributed by atoms with van der Waals surface area (Å²) < 4.78 is 1.38. The van der Waals surface area contributed by atoms with Crippen LogP contribution in [0.1, 0.15) is 19.4 Å². The molecule has 1 aromatic carbocycles. The van der Waals surface area contributed by atoms with Crippen LogP contribution in [0, 0.1) is 0 Å². The Morgan fingerprint density at radius 3 is 2.65 bits per heavy atom. The molecule has 2 heterocycles. The lowest BCUT2D eigenvalue weighted by Gasteiger charge is -2.04. The summed E-state index contributed by atoms with van der Waals surface area (Å²) in [5, 5.41) is 10.7. The molecule has 0 unspecified atom stereocenters. The van der Waals surface area contributed by atoms with Crippen molar-refractivity contribution >= 4 is 16.9 Å². The van der Waals surface area contributed by atoms with Crippen LogP contribution in [0.15, 0.2) is 41.2 Å². The van der Waals surface area contributed by atoms with E-state index in [1.165, 1.54) is 10.7 Å². The average molecular weight is 271 g/mol. The number of hydrogen-bond donors (Lipinski definition) is 2. The molecule has 104 valence electrons. The maximum Gasteiger partial charge on any atom is 0.269 e. The molecule has 0 amide bonds. The van der Waals surface area contributed by atoms with Crippen molar-refractivity contribution in [3.63, 3.8) is 0 Å². The van der Waals surface area contributed by atoms with Gasteiger partial charge in [0.2, 0.25) is 0 Å². The summed E-state index contributed by atoms with van der Waals surface area (Å²) in [5.74, 6) is 0.298. The first kappa shape index (κ1) is 13.8. The third-order valence-electron chi connectivity index (χ3n) is 2.71. The van der Waals surface area contributed by atoms with Crippen LogP contribution in [0.25, 0.3) is 11.0 Å². The molecule has 0 spiro atoms. The molecule has 3 rings (SSSR count). The number of nitrogen functional groups attached to an aromatic ring is 1. The molecule has 0 fully saturated rings. The molecule has 0 atom stereocenters. The minimum atomic E-state index is -0.185. The van der Waals surface area contributed by atoms with E-state index >= 15 is 0 Å². The van der Waals surface area contributed by atoms with E-state index in [2.05, 4.69) is 15.3 Å². The molecule has 0 saturated heterocycles. The minimum absolute atomic E-state index is 0.185. The van der Waals surface area contributed by atoms with Crippen molar-refractivity contribution in [3.05, 3.63) is 52.3 Å². The van der Waals surface area contributed by atoms with Gasteiger partial charge in [-0.15, -0.1) is 0 Å². The minimum Gasteiger partial charge on any atom is -0.380 e. The lowest BCUT2D eigenvalue weighted by molar-refractivity contribution is 0.654. The lowest BCUT2D eigenvalue weighted by atomic mass is 10.2. The second-order valence-electron chi connectivity index (χ2n) is 4.00. The molecule has 0 radical (unpaired) electrons. The van der Waals surface area contributed by atoms with Crippen molar-refractivity contribution in [2.24, 2.45) is 0 Å². The fourth-order valence-corrected chi connectivity index (χ4v) is 1.81. The van der Waals surface area contributed by atoms with Crippen LogP contribution < -0.4 is 11.3 Å². The number of rotatable bonds is 2. The van der Waals surface area contributed by atoms with E-state index in [0.29, 0.717) is 23.4 Å². The molecule has 20 heavy (non-hydrogen) atoms. The third-order valence-corrected chi connectivity index (χ3v) is 2.71. The fourth-order valence-electron chi connectivity index (χ4n) is 1.81. The SMILES string of the molecule is CC.Nc1n[nH]c2cc(=O)n(Cc3ccccc3)nc12. The van der Waals surface area contributed by atoms with Crippen LogP contribution in [0.4, 0.5) is 5.82 Å². The summed E-state index contributed by atoms with van der Waals surface area (Å²) in [4.78, 5) is 11.9. The van der Waals surface area contributed by atoms with Crippen LogP contribution >= 0.6 is 0 Å². The number of hydrogen-bond acceptors (Lipinski definition) is 4. The summed E-state index contributed by atoms with van der Waals surface area (Å²) in [5.41, 5.74) is 7.57. The Labute approximate surface area is 116 Å². The van der Waals surface area contributed by atoms with E-state index in [0.717, 1.165) is 5.56 Å². The number of nitrogens with one attached hydrogen (secondary N) is 1. The first-order valence-corrected chi connectivity index (χ1v) is 6.50. The quantitative estimate of drug-likeness (QED) is 0.743. The zero-order valence-corrected chi connectivity index (χ0v) is 11.5. The van der Waals surface area contributed by atoms with Gasteiger partial charge >= 0.3 is 0 Å². The van der Waals surface area contributed by atoms with Gasteiger partial charge in [0.15, 0.2) is 11.3 Å².